The van der Waals surface area contributed by atoms with E-state index in [-0.39, 0.29) is 57.5 Å². The molecule has 0 spiro atoms. The number of benzene rings is 1. The van der Waals surface area contributed by atoms with Crippen molar-refractivity contribution in [2.45, 2.75) is 65.5 Å². The van der Waals surface area contributed by atoms with Crippen LogP contribution in [-0.4, -0.2) is 26.0 Å². The van der Waals surface area contributed by atoms with Crippen molar-refractivity contribution in [2.75, 3.05) is 7.05 Å². The van der Waals surface area contributed by atoms with Gasteiger partial charge in [-0.25, -0.2) is 0 Å². The summed E-state index contributed by atoms with van der Waals surface area (Å²) in [6.07, 6.45) is 3.39. The number of allylic oxidation sites excluding steroid dienone is 1. The number of halogens is 2. The predicted molar refractivity (Wildman–Crippen MR) is 114 cm³/mol. The Balaban J connectivity index is 0. The minimum absolute atomic E-state index is 0. The Kier molecular flexibility index (Phi) is 11.5. The first-order chi connectivity index (χ1) is 10.5. The molecule has 1 aromatic carbocycles. The van der Waals surface area contributed by atoms with Crippen molar-refractivity contribution in [3.05, 3.63) is 41.0 Å². The van der Waals surface area contributed by atoms with Crippen molar-refractivity contribution >= 4 is 39.7 Å². The third kappa shape index (κ3) is 7.24. The number of nitrogens with zero attached hydrogens (tertiary/aromatic N) is 1. The van der Waals surface area contributed by atoms with Gasteiger partial charge in [0.2, 0.25) is 0 Å². The molecule has 0 saturated heterocycles. The maximum Gasteiger partial charge on any atom is 0.395 e. The number of hydrogen-bond donors (Lipinski definition) is 0. The molecule has 0 aliphatic heterocycles. The topological polar surface area (TPSA) is 20.3 Å². The Morgan fingerprint density at radius 3 is 2.08 bits per heavy atom. The van der Waals surface area contributed by atoms with Crippen molar-refractivity contribution in [3.63, 3.8) is 0 Å². The van der Waals surface area contributed by atoms with Crippen molar-refractivity contribution in [2.24, 2.45) is 5.41 Å². The summed E-state index contributed by atoms with van der Waals surface area (Å²) in [4.78, 5) is 0. The molecule has 0 heterocycles. The van der Waals surface area contributed by atoms with Crippen LogP contribution in [0.4, 0.5) is 0 Å². The van der Waals surface area contributed by atoms with Gasteiger partial charge in [0, 0.05) is 46.3 Å². The van der Waals surface area contributed by atoms with Crippen LogP contribution in [0, 0.1) is 5.41 Å². The van der Waals surface area contributed by atoms with E-state index in [0.29, 0.717) is 5.92 Å². The predicted octanol–water partition coefficient (Wildman–Crippen LogP) is 6.09. The number of fused-ring (bicyclic) bond motifs is 1. The molecule has 2 rings (SSSR count). The van der Waals surface area contributed by atoms with Crippen molar-refractivity contribution in [3.8, 4) is 0 Å². The fourth-order valence-electron chi connectivity index (χ4n) is 3.17. The largest absolute Gasteiger partial charge is 0.395 e. The summed E-state index contributed by atoms with van der Waals surface area (Å²) >= 11 is 0. The van der Waals surface area contributed by atoms with Gasteiger partial charge < -0.3 is 9.03 Å². The molecule has 6 heteroatoms. The van der Waals surface area contributed by atoms with Crippen molar-refractivity contribution in [1.82, 2.24) is 4.57 Å². The average molecular weight is 450 g/mol. The van der Waals surface area contributed by atoms with Crippen LogP contribution in [0.5, 0.6) is 0 Å². The summed E-state index contributed by atoms with van der Waals surface area (Å²) in [5.41, 5.74) is 4.30. The van der Waals surface area contributed by atoms with E-state index in [4.69, 9.17) is 0 Å². The van der Waals surface area contributed by atoms with Gasteiger partial charge in [0.1, 0.15) is 0 Å². The zero-order valence-corrected chi connectivity index (χ0v) is 21.2. The molecule has 0 fully saturated rings. The van der Waals surface area contributed by atoms with Gasteiger partial charge in [0.25, 0.3) is 0 Å². The third-order valence-corrected chi connectivity index (χ3v) is 6.83. The average Bonchev–Trinajstić information content (AvgIpc) is 2.72. The summed E-state index contributed by atoms with van der Waals surface area (Å²) < 4.78 is 15.0. The van der Waals surface area contributed by atoms with Crippen LogP contribution >= 0.6 is 24.8 Å². The van der Waals surface area contributed by atoms with Crippen LogP contribution in [0.25, 0.3) is 6.08 Å². The number of hydrogen-bond acceptors (Lipinski definition) is 1. The second-order valence-electron chi connectivity index (χ2n) is 8.97. The van der Waals surface area contributed by atoms with Gasteiger partial charge in [-0.1, -0.05) is 56.7 Å². The zero-order chi connectivity index (χ0) is 17.4. The van der Waals surface area contributed by atoms with E-state index in [2.05, 4.69) is 76.4 Å². The Labute approximate surface area is 188 Å². The molecule has 0 aromatic heterocycles. The standard InChI is InChI=1S/C20H31NOSi.2ClH.Ti/c1-19(2,3)13-16-12-15-10-8-9-11-17(15)18(16)14-23(22)21(7)20(4,5)6;;;/h8-12,18H,13-14H2,1-7H3;2*1H;. The smallest absolute Gasteiger partial charge is 0.375 e. The molecule has 0 radical (unpaired) electrons. The fraction of sp³-hybridized carbons (Fsp3) is 0.600. The normalized spacial score (nSPS) is 15.7. The van der Waals surface area contributed by atoms with E-state index in [1.54, 1.807) is 0 Å². The molecule has 1 aromatic rings. The molecule has 0 amide bonds. The van der Waals surface area contributed by atoms with Gasteiger partial charge in [-0.15, -0.1) is 24.8 Å². The first-order valence-electron chi connectivity index (χ1n) is 8.55. The summed E-state index contributed by atoms with van der Waals surface area (Å²) in [7, 11) is 0.201. The minimum Gasteiger partial charge on any atom is -0.375 e. The van der Waals surface area contributed by atoms with E-state index in [0.717, 1.165) is 12.5 Å². The summed E-state index contributed by atoms with van der Waals surface area (Å²) in [6.45, 7) is 13.2. The Hall–Kier alpha value is 0.0712. The molecule has 0 N–H and O–H groups in total. The molecular formula is C20H33Cl2NOSiTi. The Morgan fingerprint density at radius 1 is 1.04 bits per heavy atom. The molecule has 1 atom stereocenters. The van der Waals surface area contributed by atoms with E-state index in [1.807, 2.05) is 7.05 Å². The first-order valence-corrected chi connectivity index (χ1v) is 10.1. The van der Waals surface area contributed by atoms with Crippen LogP contribution in [0.3, 0.4) is 0 Å². The van der Waals surface area contributed by atoms with E-state index in [9.17, 15) is 4.46 Å². The van der Waals surface area contributed by atoms with E-state index >= 15 is 0 Å². The van der Waals surface area contributed by atoms with Gasteiger partial charge in [-0.2, -0.15) is 0 Å². The van der Waals surface area contributed by atoms with Crippen LogP contribution in [-0.2, 0) is 26.2 Å². The van der Waals surface area contributed by atoms with Gasteiger partial charge >= 0.3 is 8.84 Å². The van der Waals surface area contributed by atoms with Crippen LogP contribution in [0.15, 0.2) is 29.8 Å². The maximum absolute atomic E-state index is 13.0. The maximum atomic E-state index is 13.0. The Bertz CT molecular complexity index is 635. The molecule has 1 aliphatic rings. The van der Waals surface area contributed by atoms with Gasteiger partial charge in [-0.3, -0.25) is 0 Å². The molecule has 1 aliphatic carbocycles. The molecular weight excluding hydrogens is 417 g/mol. The van der Waals surface area contributed by atoms with Crippen LogP contribution < -0.4 is 0 Å². The van der Waals surface area contributed by atoms with Crippen molar-refractivity contribution < 1.29 is 26.2 Å². The first kappa shape index (κ1) is 28.3. The quantitative estimate of drug-likeness (QED) is 0.518. The molecule has 2 nitrogen and oxygen atoms in total. The minimum atomic E-state index is -1.79. The van der Waals surface area contributed by atoms with Crippen LogP contribution in [0.2, 0.25) is 6.04 Å². The van der Waals surface area contributed by atoms with E-state index in [1.165, 1.54) is 16.7 Å². The second kappa shape index (κ2) is 10.6. The fourth-order valence-corrected chi connectivity index (χ4v) is 5.03. The van der Waals surface area contributed by atoms with Crippen LogP contribution in [0.1, 0.15) is 65.0 Å². The van der Waals surface area contributed by atoms with Crippen molar-refractivity contribution in [1.29, 1.82) is 0 Å². The van der Waals surface area contributed by atoms with Gasteiger partial charge in [0.05, 0.1) is 0 Å². The van der Waals surface area contributed by atoms with E-state index < -0.39 is 8.84 Å². The second-order valence-corrected chi connectivity index (χ2v) is 10.8. The monoisotopic (exact) mass is 449 g/mol. The zero-order valence-electron chi connectivity index (χ0n) is 17.1. The van der Waals surface area contributed by atoms with Gasteiger partial charge in [0.15, 0.2) is 0 Å². The SMILES string of the molecule is CN([Si](=O)CC1C(CC(C)(C)C)=Cc2ccccc21)C(C)(C)C.Cl.Cl.[Ti]. The molecule has 26 heavy (non-hydrogen) atoms. The molecule has 146 valence electrons. The summed E-state index contributed by atoms with van der Waals surface area (Å²) in [5.74, 6) is 0.307. The molecule has 0 saturated carbocycles. The molecule has 0 bridgehead atoms. The number of rotatable bonds is 4. The summed E-state index contributed by atoms with van der Waals surface area (Å²) in [6, 6.07) is 9.33. The van der Waals surface area contributed by atoms with Gasteiger partial charge in [-0.05, 0) is 43.7 Å². The third-order valence-electron chi connectivity index (χ3n) is 4.65. The summed E-state index contributed by atoms with van der Waals surface area (Å²) in [5, 5.41) is 0. The molecule has 1 unspecified atom stereocenters. The Morgan fingerprint density at radius 2 is 1.58 bits per heavy atom.